The van der Waals surface area contributed by atoms with E-state index in [1.165, 1.54) is 18.4 Å². The fourth-order valence-electron chi connectivity index (χ4n) is 1.69. The van der Waals surface area contributed by atoms with Gasteiger partial charge in [-0.05, 0) is 19.3 Å². The van der Waals surface area contributed by atoms with E-state index in [0.29, 0.717) is 13.0 Å². The van der Waals surface area contributed by atoms with Crippen molar-refractivity contribution >= 4 is 18.3 Å². The first-order valence-electron chi connectivity index (χ1n) is 5.17. The summed E-state index contributed by atoms with van der Waals surface area (Å²) >= 11 is 0. The predicted octanol–water partition coefficient (Wildman–Crippen LogP) is -0.803. The molecule has 0 spiro atoms. The third-order valence-corrected chi connectivity index (χ3v) is 2.56. The predicted molar refractivity (Wildman–Crippen MR) is 55.1 cm³/mol. The number of carbonyl (C=O) groups excluding carboxylic acids is 3. The molecule has 1 fully saturated rings. The van der Waals surface area contributed by atoms with Gasteiger partial charge in [0.15, 0.2) is 0 Å². The molecule has 0 aromatic heterocycles. The molecule has 0 unspecified atom stereocenters. The Morgan fingerprint density at radius 1 is 1.62 bits per heavy atom. The highest BCUT2D eigenvalue weighted by Crippen LogP contribution is 2.11. The lowest BCUT2D eigenvalue weighted by molar-refractivity contribution is -0.147. The van der Waals surface area contributed by atoms with Gasteiger partial charge in [0.25, 0.3) is 0 Å². The Morgan fingerprint density at radius 2 is 2.38 bits per heavy atom. The summed E-state index contributed by atoms with van der Waals surface area (Å²) in [5.41, 5.74) is 0. The van der Waals surface area contributed by atoms with Gasteiger partial charge < -0.3 is 15.0 Å². The van der Waals surface area contributed by atoms with Crippen molar-refractivity contribution in [3.63, 3.8) is 0 Å². The van der Waals surface area contributed by atoms with E-state index >= 15 is 0 Å². The molecular weight excluding hydrogens is 212 g/mol. The van der Waals surface area contributed by atoms with E-state index in [4.69, 9.17) is 0 Å². The molecule has 6 heteroatoms. The maximum atomic E-state index is 11.9. The number of hydrogen-bond donors (Lipinski definition) is 1. The molecular formula is C10H15N2O4. The van der Waals surface area contributed by atoms with Gasteiger partial charge in [-0.3, -0.25) is 14.4 Å². The van der Waals surface area contributed by atoms with Gasteiger partial charge in [-0.15, -0.1) is 0 Å². The average molecular weight is 227 g/mol. The Labute approximate surface area is 93.9 Å². The maximum absolute atomic E-state index is 11.9. The van der Waals surface area contributed by atoms with Crippen LogP contribution in [0.2, 0.25) is 0 Å². The lowest BCUT2D eigenvalue weighted by Crippen LogP contribution is -2.46. The molecule has 1 aliphatic rings. The molecule has 0 aliphatic carbocycles. The van der Waals surface area contributed by atoms with Crippen molar-refractivity contribution in [1.29, 1.82) is 0 Å². The van der Waals surface area contributed by atoms with Gasteiger partial charge in [0.1, 0.15) is 12.6 Å². The molecule has 1 radical (unpaired) electrons. The third-order valence-electron chi connectivity index (χ3n) is 2.56. The molecule has 1 aliphatic heterocycles. The second-order valence-corrected chi connectivity index (χ2v) is 3.63. The van der Waals surface area contributed by atoms with E-state index in [2.05, 4.69) is 10.1 Å². The van der Waals surface area contributed by atoms with Crippen molar-refractivity contribution in [2.24, 2.45) is 0 Å². The molecule has 89 valence electrons. The van der Waals surface area contributed by atoms with Crippen LogP contribution < -0.4 is 5.32 Å². The topological polar surface area (TPSA) is 75.7 Å². The monoisotopic (exact) mass is 227 g/mol. The molecule has 1 heterocycles. The molecule has 1 saturated heterocycles. The number of hydrogen-bond acceptors (Lipinski definition) is 4. The lowest BCUT2D eigenvalue weighted by Gasteiger charge is -2.22. The zero-order valence-electron chi connectivity index (χ0n) is 9.19. The molecule has 6 nitrogen and oxygen atoms in total. The van der Waals surface area contributed by atoms with Crippen molar-refractivity contribution in [1.82, 2.24) is 10.2 Å². The average Bonchev–Trinajstić information content (AvgIpc) is 2.44. The van der Waals surface area contributed by atoms with E-state index in [1.807, 2.05) is 0 Å². The van der Waals surface area contributed by atoms with Gasteiger partial charge in [0.05, 0.1) is 7.11 Å². The van der Waals surface area contributed by atoms with Crippen LogP contribution in [0.25, 0.3) is 0 Å². The Hall–Kier alpha value is -1.59. The third kappa shape index (κ3) is 3.22. The summed E-state index contributed by atoms with van der Waals surface area (Å²) in [6.07, 6.45) is 3.76. The van der Waals surface area contributed by atoms with Crippen molar-refractivity contribution in [3.05, 3.63) is 0 Å². The molecule has 16 heavy (non-hydrogen) atoms. The highest BCUT2D eigenvalue weighted by Gasteiger charge is 2.27. The highest BCUT2D eigenvalue weighted by atomic mass is 16.5. The van der Waals surface area contributed by atoms with Crippen molar-refractivity contribution in [2.45, 2.75) is 25.3 Å². The number of ether oxygens (including phenoxy) is 1. The second-order valence-electron chi connectivity index (χ2n) is 3.63. The number of amides is 2. The Balaban J connectivity index is 2.63. The molecule has 1 N–H and O–H groups in total. The number of esters is 1. The van der Waals surface area contributed by atoms with Crippen LogP contribution in [0.1, 0.15) is 19.3 Å². The van der Waals surface area contributed by atoms with Crippen molar-refractivity contribution in [3.8, 4) is 0 Å². The fraction of sp³-hybridized carbons (Fsp3) is 0.700. The van der Waals surface area contributed by atoms with E-state index < -0.39 is 12.0 Å². The van der Waals surface area contributed by atoms with Gasteiger partial charge >= 0.3 is 12.4 Å². The summed E-state index contributed by atoms with van der Waals surface area (Å²) in [4.78, 5) is 34.6. The highest BCUT2D eigenvalue weighted by molar-refractivity contribution is 5.87. The first kappa shape index (κ1) is 12.5. The van der Waals surface area contributed by atoms with Gasteiger partial charge in [0.2, 0.25) is 5.91 Å². The number of methoxy groups -OCH3 is 1. The van der Waals surface area contributed by atoms with E-state index in [9.17, 15) is 14.4 Å². The van der Waals surface area contributed by atoms with E-state index in [0.717, 1.165) is 12.8 Å². The summed E-state index contributed by atoms with van der Waals surface area (Å²) in [7, 11) is 1.28. The zero-order valence-corrected chi connectivity index (χ0v) is 9.19. The van der Waals surface area contributed by atoms with Crippen LogP contribution in [-0.4, -0.2) is 49.4 Å². The normalized spacial score (nSPS) is 21.2. The quantitative estimate of drug-likeness (QED) is 0.504. The minimum Gasteiger partial charge on any atom is -0.468 e. The maximum Gasteiger partial charge on any atom is 0.325 e. The Bertz CT molecular complexity index is 280. The second kappa shape index (κ2) is 6.09. The Kier molecular flexibility index (Phi) is 4.75. The summed E-state index contributed by atoms with van der Waals surface area (Å²) in [6.45, 7) is 0.456. The first-order valence-corrected chi connectivity index (χ1v) is 5.17. The van der Waals surface area contributed by atoms with Crippen molar-refractivity contribution < 1.29 is 19.1 Å². The van der Waals surface area contributed by atoms with Gasteiger partial charge in [0, 0.05) is 6.54 Å². The number of carbonyl (C=O) groups is 2. The molecule has 0 bridgehead atoms. The molecule has 0 saturated carbocycles. The van der Waals surface area contributed by atoms with Crippen LogP contribution in [0.15, 0.2) is 0 Å². The zero-order chi connectivity index (χ0) is 12.0. The van der Waals surface area contributed by atoms with Crippen LogP contribution >= 0.6 is 0 Å². The SMILES string of the molecule is COC(=O)CN1CCCC[C@H](N[C]=O)C1=O. The van der Waals surface area contributed by atoms with Crippen LogP contribution in [-0.2, 0) is 19.1 Å². The van der Waals surface area contributed by atoms with E-state index in [1.54, 1.807) is 0 Å². The number of nitrogens with zero attached hydrogens (tertiary/aromatic N) is 1. The number of nitrogens with one attached hydrogen (secondary N) is 1. The Morgan fingerprint density at radius 3 is 3.00 bits per heavy atom. The summed E-state index contributed by atoms with van der Waals surface area (Å²) < 4.78 is 4.51. The standard InChI is InChI=1S/C10H15N2O4/c1-16-9(14)6-12-5-3-2-4-8(10(12)15)11-7-13/h8H,2-6H2,1H3,(H,11,13)/t8-/m0/s1. The summed E-state index contributed by atoms with van der Waals surface area (Å²) in [6, 6.07) is -0.565. The molecule has 0 aromatic rings. The summed E-state index contributed by atoms with van der Waals surface area (Å²) in [5, 5.41) is 2.35. The van der Waals surface area contributed by atoms with Crippen LogP contribution in [0.5, 0.6) is 0 Å². The summed E-state index contributed by atoms with van der Waals surface area (Å²) in [5.74, 6) is -0.699. The smallest absolute Gasteiger partial charge is 0.325 e. The molecule has 0 aromatic carbocycles. The molecule has 2 amide bonds. The minimum atomic E-state index is -0.565. The first-order chi connectivity index (χ1) is 7.69. The van der Waals surface area contributed by atoms with Gasteiger partial charge in [-0.1, -0.05) is 0 Å². The van der Waals surface area contributed by atoms with E-state index in [-0.39, 0.29) is 12.5 Å². The number of likely N-dealkylation sites (tertiary alicyclic amines) is 1. The van der Waals surface area contributed by atoms with Crippen LogP contribution in [0, 0.1) is 0 Å². The van der Waals surface area contributed by atoms with Crippen molar-refractivity contribution in [2.75, 3.05) is 20.2 Å². The fourth-order valence-corrected chi connectivity index (χ4v) is 1.69. The van der Waals surface area contributed by atoms with Gasteiger partial charge in [-0.25, -0.2) is 0 Å². The van der Waals surface area contributed by atoms with Gasteiger partial charge in [-0.2, -0.15) is 0 Å². The number of rotatable bonds is 4. The van der Waals surface area contributed by atoms with Crippen LogP contribution in [0.3, 0.4) is 0 Å². The lowest BCUT2D eigenvalue weighted by atomic mass is 10.1. The minimum absolute atomic E-state index is 0.0631. The molecule has 1 rings (SSSR count). The largest absolute Gasteiger partial charge is 0.468 e. The van der Waals surface area contributed by atoms with Crippen LogP contribution in [0.4, 0.5) is 0 Å². The molecule has 1 atom stereocenters.